The van der Waals surface area contributed by atoms with Crippen molar-refractivity contribution in [1.82, 2.24) is 10.3 Å². The molecule has 0 radical (unpaired) electrons. The van der Waals surface area contributed by atoms with Crippen LogP contribution in [0.3, 0.4) is 0 Å². The standard InChI is InChI=1S/C21H23N3O3/c1-26-13-5-12-22-21(25)19-14-23-20(18-7-4-3-6-17(18)19)24-15-8-10-16(27-2)11-9-15/h3-4,6-11,14H,5,12-13H2,1-2H3,(H,22,25)(H,23,24). The second-order valence-corrected chi connectivity index (χ2v) is 6.02. The second kappa shape index (κ2) is 9.00. The number of fused-ring (bicyclic) bond motifs is 1. The summed E-state index contributed by atoms with van der Waals surface area (Å²) in [6, 6.07) is 15.3. The van der Waals surface area contributed by atoms with Crippen LogP contribution in [-0.2, 0) is 4.74 Å². The summed E-state index contributed by atoms with van der Waals surface area (Å²) in [4.78, 5) is 17.0. The number of nitrogens with one attached hydrogen (secondary N) is 2. The van der Waals surface area contributed by atoms with Crippen LogP contribution in [0.1, 0.15) is 16.8 Å². The van der Waals surface area contributed by atoms with E-state index in [1.54, 1.807) is 20.4 Å². The lowest BCUT2D eigenvalue weighted by Gasteiger charge is -2.12. The molecule has 0 atom stereocenters. The van der Waals surface area contributed by atoms with Crippen molar-refractivity contribution in [2.45, 2.75) is 6.42 Å². The van der Waals surface area contributed by atoms with Crippen molar-refractivity contribution in [2.24, 2.45) is 0 Å². The SMILES string of the molecule is COCCCNC(=O)c1cnc(Nc2ccc(OC)cc2)c2ccccc12. The topological polar surface area (TPSA) is 72.5 Å². The molecule has 6 heteroatoms. The first kappa shape index (κ1) is 18.7. The summed E-state index contributed by atoms with van der Waals surface area (Å²) in [5.74, 6) is 1.36. The van der Waals surface area contributed by atoms with Crippen LogP contribution in [0.25, 0.3) is 10.8 Å². The van der Waals surface area contributed by atoms with E-state index in [1.165, 1.54) is 0 Å². The van der Waals surface area contributed by atoms with Crippen molar-refractivity contribution in [3.05, 3.63) is 60.3 Å². The Hall–Kier alpha value is -3.12. The Morgan fingerprint density at radius 2 is 1.78 bits per heavy atom. The van der Waals surface area contributed by atoms with Crippen LogP contribution in [0.5, 0.6) is 5.75 Å². The lowest BCUT2D eigenvalue weighted by Crippen LogP contribution is -2.25. The molecule has 1 aromatic heterocycles. The molecule has 0 aliphatic rings. The van der Waals surface area contributed by atoms with Crippen molar-refractivity contribution in [1.29, 1.82) is 0 Å². The number of rotatable bonds is 8. The van der Waals surface area contributed by atoms with Crippen molar-refractivity contribution >= 4 is 28.2 Å². The van der Waals surface area contributed by atoms with E-state index in [2.05, 4.69) is 15.6 Å². The average Bonchev–Trinajstić information content (AvgIpc) is 2.72. The number of anilines is 2. The van der Waals surface area contributed by atoms with E-state index in [0.29, 0.717) is 24.5 Å². The normalized spacial score (nSPS) is 10.6. The highest BCUT2D eigenvalue weighted by molar-refractivity contribution is 6.09. The predicted molar refractivity (Wildman–Crippen MR) is 107 cm³/mol. The maximum Gasteiger partial charge on any atom is 0.253 e. The van der Waals surface area contributed by atoms with Gasteiger partial charge in [-0.3, -0.25) is 4.79 Å². The first-order valence-electron chi connectivity index (χ1n) is 8.79. The number of aromatic nitrogens is 1. The van der Waals surface area contributed by atoms with Crippen LogP contribution in [0.2, 0.25) is 0 Å². The number of carbonyl (C=O) groups excluding carboxylic acids is 1. The third kappa shape index (κ3) is 4.54. The molecule has 0 spiro atoms. The second-order valence-electron chi connectivity index (χ2n) is 6.02. The number of carbonyl (C=O) groups is 1. The minimum atomic E-state index is -0.134. The van der Waals surface area contributed by atoms with Gasteiger partial charge in [-0.05, 0) is 36.1 Å². The first-order valence-corrected chi connectivity index (χ1v) is 8.79. The largest absolute Gasteiger partial charge is 0.497 e. The Bertz CT molecular complexity index is 910. The molecular formula is C21H23N3O3. The summed E-state index contributed by atoms with van der Waals surface area (Å²) >= 11 is 0. The van der Waals surface area contributed by atoms with Gasteiger partial charge in [0.2, 0.25) is 0 Å². The fourth-order valence-electron chi connectivity index (χ4n) is 2.80. The smallest absolute Gasteiger partial charge is 0.253 e. The van der Waals surface area contributed by atoms with Crippen molar-refractivity contribution in [2.75, 3.05) is 32.7 Å². The van der Waals surface area contributed by atoms with Gasteiger partial charge in [0.25, 0.3) is 5.91 Å². The maximum absolute atomic E-state index is 12.5. The molecule has 0 saturated carbocycles. The molecule has 0 aliphatic heterocycles. The highest BCUT2D eigenvalue weighted by atomic mass is 16.5. The third-order valence-electron chi connectivity index (χ3n) is 4.20. The summed E-state index contributed by atoms with van der Waals surface area (Å²) in [5, 5.41) is 7.97. The molecule has 27 heavy (non-hydrogen) atoms. The van der Waals surface area contributed by atoms with E-state index >= 15 is 0 Å². The van der Waals surface area contributed by atoms with Gasteiger partial charge < -0.3 is 20.1 Å². The van der Waals surface area contributed by atoms with Gasteiger partial charge in [0.1, 0.15) is 11.6 Å². The maximum atomic E-state index is 12.5. The Balaban J connectivity index is 1.84. The summed E-state index contributed by atoms with van der Waals surface area (Å²) in [6.45, 7) is 1.18. The Labute approximate surface area is 158 Å². The number of nitrogens with zero attached hydrogens (tertiary/aromatic N) is 1. The van der Waals surface area contributed by atoms with Gasteiger partial charge in [-0.25, -0.2) is 4.98 Å². The van der Waals surface area contributed by atoms with Gasteiger partial charge >= 0.3 is 0 Å². The van der Waals surface area contributed by atoms with E-state index < -0.39 is 0 Å². The molecule has 6 nitrogen and oxygen atoms in total. The number of hydrogen-bond acceptors (Lipinski definition) is 5. The van der Waals surface area contributed by atoms with Crippen LogP contribution in [0.4, 0.5) is 11.5 Å². The fourth-order valence-corrected chi connectivity index (χ4v) is 2.80. The molecule has 3 rings (SSSR count). The molecule has 0 fully saturated rings. The summed E-state index contributed by atoms with van der Waals surface area (Å²) in [7, 11) is 3.28. The highest BCUT2D eigenvalue weighted by Gasteiger charge is 2.13. The zero-order chi connectivity index (χ0) is 19.1. The quantitative estimate of drug-likeness (QED) is 0.595. The molecule has 0 unspecified atom stereocenters. The van der Waals surface area contributed by atoms with Gasteiger partial charge in [0.15, 0.2) is 0 Å². The van der Waals surface area contributed by atoms with Crippen LogP contribution in [0.15, 0.2) is 54.7 Å². The van der Waals surface area contributed by atoms with Gasteiger partial charge in [0.05, 0.1) is 12.7 Å². The van der Waals surface area contributed by atoms with Crippen LogP contribution in [-0.4, -0.2) is 38.3 Å². The number of benzene rings is 2. The predicted octanol–water partition coefficient (Wildman–Crippen LogP) is 3.75. The van der Waals surface area contributed by atoms with Crippen LogP contribution < -0.4 is 15.4 Å². The number of methoxy groups -OCH3 is 2. The lowest BCUT2D eigenvalue weighted by atomic mass is 10.1. The molecule has 2 aromatic carbocycles. The van der Waals surface area contributed by atoms with Gasteiger partial charge in [-0.2, -0.15) is 0 Å². The molecule has 0 bridgehead atoms. The number of pyridine rings is 1. The van der Waals surface area contributed by atoms with Crippen LogP contribution in [0, 0.1) is 0 Å². The third-order valence-corrected chi connectivity index (χ3v) is 4.20. The van der Waals surface area contributed by atoms with E-state index in [1.807, 2.05) is 48.5 Å². The zero-order valence-corrected chi connectivity index (χ0v) is 15.5. The minimum Gasteiger partial charge on any atom is -0.497 e. The molecule has 2 N–H and O–H groups in total. The number of amides is 1. The van der Waals surface area contributed by atoms with E-state index in [9.17, 15) is 4.79 Å². The molecule has 1 heterocycles. The summed E-state index contributed by atoms with van der Waals surface area (Å²) < 4.78 is 10.2. The molecule has 0 aliphatic carbocycles. The fraction of sp³-hybridized carbons (Fsp3) is 0.238. The first-order chi connectivity index (χ1) is 13.2. The van der Waals surface area contributed by atoms with E-state index in [4.69, 9.17) is 9.47 Å². The minimum absolute atomic E-state index is 0.134. The summed E-state index contributed by atoms with van der Waals surface area (Å²) in [5.41, 5.74) is 1.45. The molecule has 0 saturated heterocycles. The van der Waals surface area contributed by atoms with Crippen molar-refractivity contribution < 1.29 is 14.3 Å². The van der Waals surface area contributed by atoms with Crippen molar-refractivity contribution in [3.8, 4) is 5.75 Å². The lowest BCUT2D eigenvalue weighted by molar-refractivity contribution is 0.0950. The zero-order valence-electron chi connectivity index (χ0n) is 15.5. The van der Waals surface area contributed by atoms with Gasteiger partial charge in [0, 0.05) is 37.5 Å². The van der Waals surface area contributed by atoms with Gasteiger partial charge in [-0.1, -0.05) is 24.3 Å². The number of ether oxygens (including phenoxy) is 2. The van der Waals surface area contributed by atoms with Gasteiger partial charge in [-0.15, -0.1) is 0 Å². The van der Waals surface area contributed by atoms with Crippen LogP contribution >= 0.6 is 0 Å². The van der Waals surface area contributed by atoms with E-state index in [-0.39, 0.29) is 5.91 Å². The highest BCUT2D eigenvalue weighted by Crippen LogP contribution is 2.27. The van der Waals surface area contributed by atoms with Crippen molar-refractivity contribution in [3.63, 3.8) is 0 Å². The molecule has 3 aromatic rings. The number of hydrogen-bond donors (Lipinski definition) is 2. The molecule has 140 valence electrons. The molecule has 1 amide bonds. The Kier molecular flexibility index (Phi) is 6.22. The summed E-state index contributed by atoms with van der Waals surface area (Å²) in [6.07, 6.45) is 2.38. The monoisotopic (exact) mass is 365 g/mol. The Morgan fingerprint density at radius 1 is 1.04 bits per heavy atom. The molecular weight excluding hydrogens is 342 g/mol. The van der Waals surface area contributed by atoms with E-state index in [0.717, 1.165) is 28.6 Å². The average molecular weight is 365 g/mol. The Morgan fingerprint density at radius 3 is 2.48 bits per heavy atom.